The van der Waals surface area contributed by atoms with Gasteiger partial charge in [0.15, 0.2) is 0 Å². The van der Waals surface area contributed by atoms with E-state index in [0.29, 0.717) is 6.42 Å². The molecule has 0 bridgehead atoms. The van der Waals surface area contributed by atoms with Crippen LogP contribution in [0.3, 0.4) is 0 Å². The lowest BCUT2D eigenvalue weighted by molar-refractivity contribution is -0.304. The van der Waals surface area contributed by atoms with E-state index in [1.807, 2.05) is 0 Å². The zero-order valence-corrected chi connectivity index (χ0v) is 11.3. The fraction of sp³-hybridized carbons (Fsp3) is 0.857. The van der Waals surface area contributed by atoms with E-state index in [2.05, 4.69) is 12.7 Å². The lowest BCUT2D eigenvalue weighted by atomic mass is 10.0. The summed E-state index contributed by atoms with van der Waals surface area (Å²) in [6.45, 7) is 2.23. The number of hydrogen-bond acceptors (Lipinski definition) is 2. The van der Waals surface area contributed by atoms with Gasteiger partial charge in [-0.15, -0.1) is 0 Å². The first-order valence-corrected chi connectivity index (χ1v) is 7.03. The van der Waals surface area contributed by atoms with Gasteiger partial charge in [0.1, 0.15) is 12.2 Å². The maximum Gasteiger partial charge on any atom is 0.316 e. The summed E-state index contributed by atoms with van der Waals surface area (Å²) in [6, 6.07) is 0. The van der Waals surface area contributed by atoms with Crippen LogP contribution in [0.2, 0.25) is 0 Å². The standard InChI is InChI=1S/C14H27NO2/c1-2-3-4-5-6-7-8-9-10-11-13(16)12-14(15)17/h2-12H2,1H3,(H2,15,17)/p+1. The highest BCUT2D eigenvalue weighted by Crippen LogP contribution is 2.10. The third-order valence-electron chi connectivity index (χ3n) is 2.95. The Morgan fingerprint density at radius 1 is 0.824 bits per heavy atom. The van der Waals surface area contributed by atoms with E-state index in [1.54, 1.807) is 0 Å². The van der Waals surface area contributed by atoms with Gasteiger partial charge in [-0.3, -0.25) is 10.5 Å². The average Bonchev–Trinajstić information content (AvgIpc) is 2.26. The Balaban J connectivity index is 3.13. The number of unbranched alkanes of at least 4 members (excludes halogenated alkanes) is 8. The van der Waals surface area contributed by atoms with Crippen LogP contribution in [-0.2, 0) is 9.59 Å². The number of carbonyl (C=O) groups is 2. The Hall–Kier alpha value is -0.700. The number of Topliss-reactive ketones (excluding diaryl/α,β-unsaturated/α-hetero) is 1. The Morgan fingerprint density at radius 3 is 1.76 bits per heavy atom. The van der Waals surface area contributed by atoms with E-state index in [0.717, 1.165) is 12.8 Å². The summed E-state index contributed by atoms with van der Waals surface area (Å²) in [6.07, 6.45) is 11.8. The molecule has 0 atom stereocenters. The fourth-order valence-electron chi connectivity index (χ4n) is 1.94. The van der Waals surface area contributed by atoms with Gasteiger partial charge in [-0.2, -0.15) is 0 Å². The molecule has 17 heavy (non-hydrogen) atoms. The van der Waals surface area contributed by atoms with Crippen molar-refractivity contribution >= 4 is 11.7 Å². The number of amides is 1. The predicted octanol–water partition coefficient (Wildman–Crippen LogP) is 2.63. The summed E-state index contributed by atoms with van der Waals surface area (Å²) in [4.78, 5) is 21.8. The zero-order valence-electron chi connectivity index (χ0n) is 11.3. The van der Waals surface area contributed by atoms with E-state index in [-0.39, 0.29) is 18.1 Å². The lowest BCUT2D eigenvalue weighted by Gasteiger charge is -2.01. The summed E-state index contributed by atoms with van der Waals surface area (Å²) < 4.78 is 0. The predicted molar refractivity (Wildman–Crippen MR) is 69.4 cm³/mol. The van der Waals surface area contributed by atoms with E-state index < -0.39 is 0 Å². The van der Waals surface area contributed by atoms with E-state index in [1.165, 1.54) is 44.9 Å². The van der Waals surface area contributed by atoms with Gasteiger partial charge in [0.25, 0.3) is 0 Å². The molecule has 3 nitrogen and oxygen atoms in total. The second-order valence-corrected chi connectivity index (χ2v) is 4.83. The smallest absolute Gasteiger partial charge is 0.299 e. The number of quaternary nitrogens is 1. The Labute approximate surface area is 105 Å². The van der Waals surface area contributed by atoms with Crippen LogP contribution in [0.1, 0.15) is 77.6 Å². The molecule has 0 aromatic heterocycles. The van der Waals surface area contributed by atoms with Crippen molar-refractivity contribution < 1.29 is 15.3 Å². The molecule has 3 heteroatoms. The molecule has 0 aliphatic heterocycles. The number of carbonyl (C=O) groups excluding carboxylic acids is 2. The minimum Gasteiger partial charge on any atom is -0.299 e. The SMILES string of the molecule is CCCCCCCCCCCC(=O)CC([NH3+])=O. The van der Waals surface area contributed by atoms with E-state index >= 15 is 0 Å². The van der Waals surface area contributed by atoms with Gasteiger partial charge in [-0.25, -0.2) is 4.79 Å². The normalized spacial score (nSPS) is 10.5. The Bertz CT molecular complexity index is 214. The van der Waals surface area contributed by atoms with Gasteiger partial charge in [0.2, 0.25) is 0 Å². The Kier molecular flexibility index (Phi) is 11.3. The van der Waals surface area contributed by atoms with E-state index in [4.69, 9.17) is 0 Å². The van der Waals surface area contributed by atoms with Crippen LogP contribution in [0, 0.1) is 0 Å². The number of ketones is 1. The number of rotatable bonds is 12. The first-order chi connectivity index (χ1) is 8.16. The summed E-state index contributed by atoms with van der Waals surface area (Å²) in [7, 11) is 0. The average molecular weight is 242 g/mol. The molecule has 0 aliphatic rings. The molecular weight excluding hydrogens is 214 g/mol. The third kappa shape index (κ3) is 13.2. The van der Waals surface area contributed by atoms with Gasteiger partial charge in [-0.1, -0.05) is 58.3 Å². The first-order valence-electron chi connectivity index (χ1n) is 7.03. The van der Waals surface area contributed by atoms with Crippen molar-refractivity contribution in [2.45, 2.75) is 77.6 Å². The molecule has 3 N–H and O–H groups in total. The summed E-state index contributed by atoms with van der Waals surface area (Å²) >= 11 is 0. The molecular formula is C14H28NO2+. The van der Waals surface area contributed by atoms with Gasteiger partial charge >= 0.3 is 5.91 Å². The zero-order chi connectivity index (χ0) is 12.9. The van der Waals surface area contributed by atoms with Crippen molar-refractivity contribution in [3.8, 4) is 0 Å². The van der Waals surface area contributed by atoms with Crippen molar-refractivity contribution in [2.75, 3.05) is 0 Å². The van der Waals surface area contributed by atoms with Gasteiger partial charge in [-0.05, 0) is 6.42 Å². The molecule has 0 aliphatic carbocycles. The van der Waals surface area contributed by atoms with Crippen LogP contribution in [0.25, 0.3) is 0 Å². The van der Waals surface area contributed by atoms with Crippen LogP contribution in [0.15, 0.2) is 0 Å². The maximum atomic E-state index is 11.2. The lowest BCUT2D eigenvalue weighted by Crippen LogP contribution is -2.57. The maximum absolute atomic E-state index is 11.2. The molecule has 0 spiro atoms. The van der Waals surface area contributed by atoms with Crippen molar-refractivity contribution in [1.29, 1.82) is 0 Å². The van der Waals surface area contributed by atoms with Gasteiger partial charge in [0, 0.05) is 6.42 Å². The summed E-state index contributed by atoms with van der Waals surface area (Å²) in [5.74, 6) is -0.209. The van der Waals surface area contributed by atoms with Gasteiger partial charge < -0.3 is 0 Å². The molecule has 0 radical (unpaired) electrons. The summed E-state index contributed by atoms with van der Waals surface area (Å²) in [5, 5.41) is 0. The molecule has 100 valence electrons. The second kappa shape index (κ2) is 11.8. The molecule has 0 saturated carbocycles. The third-order valence-corrected chi connectivity index (χ3v) is 2.95. The molecule has 0 heterocycles. The first kappa shape index (κ1) is 16.3. The van der Waals surface area contributed by atoms with Crippen LogP contribution in [0.4, 0.5) is 0 Å². The minimum absolute atomic E-state index is 0.0248. The largest absolute Gasteiger partial charge is 0.316 e. The minimum atomic E-state index is -0.258. The molecule has 0 fully saturated rings. The van der Waals surface area contributed by atoms with E-state index in [9.17, 15) is 9.59 Å². The molecule has 0 rings (SSSR count). The van der Waals surface area contributed by atoms with Crippen molar-refractivity contribution in [3.05, 3.63) is 0 Å². The van der Waals surface area contributed by atoms with Crippen LogP contribution >= 0.6 is 0 Å². The van der Waals surface area contributed by atoms with Crippen LogP contribution < -0.4 is 5.73 Å². The molecule has 0 aromatic carbocycles. The highest BCUT2D eigenvalue weighted by molar-refractivity contribution is 5.93. The second-order valence-electron chi connectivity index (χ2n) is 4.83. The van der Waals surface area contributed by atoms with Crippen molar-refractivity contribution in [1.82, 2.24) is 0 Å². The Morgan fingerprint density at radius 2 is 1.29 bits per heavy atom. The van der Waals surface area contributed by atoms with Crippen LogP contribution in [-0.4, -0.2) is 11.7 Å². The quantitative estimate of drug-likeness (QED) is 0.422. The monoisotopic (exact) mass is 242 g/mol. The summed E-state index contributed by atoms with van der Waals surface area (Å²) in [5.41, 5.74) is 3.21. The fourth-order valence-corrected chi connectivity index (χ4v) is 1.94. The van der Waals surface area contributed by atoms with Crippen LogP contribution in [0.5, 0.6) is 0 Å². The highest BCUT2D eigenvalue weighted by atomic mass is 16.2. The topological polar surface area (TPSA) is 61.8 Å². The molecule has 0 aromatic rings. The molecule has 1 amide bonds. The molecule has 0 unspecified atom stereocenters. The molecule has 0 saturated heterocycles. The van der Waals surface area contributed by atoms with Crippen molar-refractivity contribution in [3.63, 3.8) is 0 Å². The highest BCUT2D eigenvalue weighted by Gasteiger charge is 2.07. The van der Waals surface area contributed by atoms with Gasteiger partial charge in [0.05, 0.1) is 0 Å². The number of hydrogen-bond donors (Lipinski definition) is 1. The van der Waals surface area contributed by atoms with Crippen molar-refractivity contribution in [2.24, 2.45) is 0 Å².